The molecule has 1 amide bonds. The lowest BCUT2D eigenvalue weighted by atomic mass is 10.0. The largest absolute Gasteiger partial charge is 0.361 e. The molecule has 3 aromatic heterocycles. The second-order valence-electron chi connectivity index (χ2n) is 7.14. The SMILES string of the molecule is CC(C)[C@H](NC(=O)CCc1c[nH]c2ccccc12)c1nnc2ccccn12. The van der Waals surface area contributed by atoms with Gasteiger partial charge in [0, 0.05) is 29.7 Å². The summed E-state index contributed by atoms with van der Waals surface area (Å²) in [6.07, 6.45) is 5.05. The van der Waals surface area contributed by atoms with Crippen LogP contribution in [0.15, 0.2) is 54.9 Å². The van der Waals surface area contributed by atoms with Gasteiger partial charge in [0.2, 0.25) is 5.91 Å². The normalized spacial score (nSPS) is 12.7. The molecule has 0 fully saturated rings. The van der Waals surface area contributed by atoms with Crippen LogP contribution in [0.1, 0.15) is 37.7 Å². The van der Waals surface area contributed by atoms with E-state index in [1.54, 1.807) is 0 Å². The number of amides is 1. The summed E-state index contributed by atoms with van der Waals surface area (Å²) < 4.78 is 1.94. The van der Waals surface area contributed by atoms with Crippen molar-refractivity contribution in [3.05, 3.63) is 66.2 Å². The van der Waals surface area contributed by atoms with E-state index in [0.29, 0.717) is 12.8 Å². The van der Waals surface area contributed by atoms with Gasteiger partial charge in [0.25, 0.3) is 0 Å². The summed E-state index contributed by atoms with van der Waals surface area (Å²) in [5, 5.41) is 12.8. The summed E-state index contributed by atoms with van der Waals surface area (Å²) in [4.78, 5) is 15.9. The highest BCUT2D eigenvalue weighted by Gasteiger charge is 2.23. The summed E-state index contributed by atoms with van der Waals surface area (Å²) in [6, 6.07) is 13.7. The van der Waals surface area contributed by atoms with Crippen LogP contribution in [-0.2, 0) is 11.2 Å². The van der Waals surface area contributed by atoms with E-state index in [1.807, 2.05) is 53.2 Å². The van der Waals surface area contributed by atoms with Crippen LogP contribution in [0.5, 0.6) is 0 Å². The van der Waals surface area contributed by atoms with Gasteiger partial charge in [-0.1, -0.05) is 38.1 Å². The number of aromatic amines is 1. The van der Waals surface area contributed by atoms with Crippen molar-refractivity contribution in [1.82, 2.24) is 24.9 Å². The van der Waals surface area contributed by atoms with Gasteiger partial charge in [-0.2, -0.15) is 0 Å². The Balaban J connectivity index is 1.48. The number of fused-ring (bicyclic) bond motifs is 2. The smallest absolute Gasteiger partial charge is 0.220 e. The number of hydrogen-bond acceptors (Lipinski definition) is 3. The fourth-order valence-corrected chi connectivity index (χ4v) is 3.43. The van der Waals surface area contributed by atoms with Crippen molar-refractivity contribution in [3.8, 4) is 0 Å². The molecule has 0 aliphatic rings. The van der Waals surface area contributed by atoms with Gasteiger partial charge in [-0.15, -0.1) is 10.2 Å². The standard InChI is InChI=1S/C21H23N5O/c1-14(2)20(21-25-24-18-9-5-6-12-26(18)21)23-19(27)11-10-15-13-22-17-8-4-3-7-16(15)17/h3-9,12-14,20,22H,10-11H2,1-2H3,(H,23,27)/t20-/m0/s1. The minimum atomic E-state index is -0.183. The van der Waals surface area contributed by atoms with Crippen molar-refractivity contribution in [3.63, 3.8) is 0 Å². The Morgan fingerprint density at radius 3 is 2.81 bits per heavy atom. The summed E-state index contributed by atoms with van der Waals surface area (Å²) in [5.41, 5.74) is 3.05. The lowest BCUT2D eigenvalue weighted by Crippen LogP contribution is -2.33. The van der Waals surface area contributed by atoms with Crippen molar-refractivity contribution in [2.45, 2.75) is 32.7 Å². The molecule has 4 rings (SSSR count). The minimum Gasteiger partial charge on any atom is -0.361 e. The van der Waals surface area contributed by atoms with Gasteiger partial charge in [0.05, 0.1) is 6.04 Å². The van der Waals surface area contributed by atoms with Crippen molar-refractivity contribution in [1.29, 1.82) is 0 Å². The van der Waals surface area contributed by atoms with E-state index in [1.165, 1.54) is 5.39 Å². The zero-order valence-electron chi connectivity index (χ0n) is 15.5. The lowest BCUT2D eigenvalue weighted by Gasteiger charge is -2.21. The number of aromatic nitrogens is 4. The van der Waals surface area contributed by atoms with Crippen molar-refractivity contribution < 1.29 is 4.79 Å². The fraction of sp³-hybridized carbons (Fsp3) is 0.286. The number of aryl methyl sites for hydroxylation is 1. The van der Waals surface area contributed by atoms with E-state index in [4.69, 9.17) is 0 Å². The molecule has 0 bridgehead atoms. The second kappa shape index (κ2) is 7.23. The Bertz CT molecular complexity index is 1080. The molecule has 0 spiro atoms. The number of nitrogens with one attached hydrogen (secondary N) is 2. The van der Waals surface area contributed by atoms with E-state index >= 15 is 0 Å². The van der Waals surface area contributed by atoms with Crippen LogP contribution in [0.2, 0.25) is 0 Å². The number of carbonyl (C=O) groups is 1. The molecule has 0 aliphatic heterocycles. The second-order valence-corrected chi connectivity index (χ2v) is 7.14. The number of H-pyrrole nitrogens is 1. The molecule has 0 unspecified atom stereocenters. The van der Waals surface area contributed by atoms with E-state index in [-0.39, 0.29) is 17.9 Å². The van der Waals surface area contributed by atoms with Gasteiger partial charge in [0.1, 0.15) is 0 Å². The molecule has 138 valence electrons. The van der Waals surface area contributed by atoms with E-state index in [0.717, 1.165) is 22.6 Å². The van der Waals surface area contributed by atoms with Crippen LogP contribution in [0, 0.1) is 5.92 Å². The predicted molar refractivity (Wildman–Crippen MR) is 105 cm³/mol. The molecule has 27 heavy (non-hydrogen) atoms. The highest BCUT2D eigenvalue weighted by Crippen LogP contribution is 2.22. The Morgan fingerprint density at radius 2 is 1.96 bits per heavy atom. The Morgan fingerprint density at radius 1 is 1.15 bits per heavy atom. The van der Waals surface area contributed by atoms with E-state index in [9.17, 15) is 4.79 Å². The predicted octanol–water partition coefficient (Wildman–Crippen LogP) is 3.66. The van der Waals surface area contributed by atoms with Gasteiger partial charge in [0.15, 0.2) is 11.5 Å². The van der Waals surface area contributed by atoms with Crippen LogP contribution in [0.3, 0.4) is 0 Å². The first kappa shape index (κ1) is 17.3. The lowest BCUT2D eigenvalue weighted by molar-refractivity contribution is -0.122. The Hall–Kier alpha value is -3.15. The Kier molecular flexibility index (Phi) is 4.62. The van der Waals surface area contributed by atoms with Gasteiger partial charge in [-0.25, -0.2) is 0 Å². The van der Waals surface area contributed by atoms with Crippen LogP contribution < -0.4 is 5.32 Å². The molecule has 0 radical (unpaired) electrons. The quantitative estimate of drug-likeness (QED) is 0.550. The van der Waals surface area contributed by atoms with Crippen LogP contribution in [-0.4, -0.2) is 25.5 Å². The van der Waals surface area contributed by atoms with Gasteiger partial charge in [-0.05, 0) is 36.1 Å². The third kappa shape index (κ3) is 3.43. The maximum absolute atomic E-state index is 12.6. The zero-order valence-corrected chi connectivity index (χ0v) is 15.5. The molecule has 1 aromatic carbocycles. The van der Waals surface area contributed by atoms with Gasteiger partial charge in [-0.3, -0.25) is 9.20 Å². The zero-order chi connectivity index (χ0) is 18.8. The third-order valence-electron chi connectivity index (χ3n) is 4.90. The third-order valence-corrected chi connectivity index (χ3v) is 4.90. The van der Waals surface area contributed by atoms with Gasteiger partial charge < -0.3 is 10.3 Å². The molecule has 0 saturated heterocycles. The fourth-order valence-electron chi connectivity index (χ4n) is 3.43. The molecule has 1 atom stereocenters. The van der Waals surface area contributed by atoms with Crippen molar-refractivity contribution >= 4 is 22.5 Å². The maximum Gasteiger partial charge on any atom is 0.220 e. The molecule has 0 saturated carbocycles. The molecular weight excluding hydrogens is 338 g/mol. The molecular formula is C21H23N5O. The number of hydrogen-bond donors (Lipinski definition) is 2. The van der Waals surface area contributed by atoms with Crippen molar-refractivity contribution in [2.24, 2.45) is 5.92 Å². The van der Waals surface area contributed by atoms with Crippen LogP contribution in [0.4, 0.5) is 0 Å². The monoisotopic (exact) mass is 361 g/mol. The molecule has 0 aliphatic carbocycles. The number of benzene rings is 1. The number of pyridine rings is 1. The Labute approximate surface area is 157 Å². The van der Waals surface area contributed by atoms with E-state index < -0.39 is 0 Å². The number of carbonyl (C=O) groups excluding carboxylic acids is 1. The highest BCUT2D eigenvalue weighted by atomic mass is 16.1. The average Bonchev–Trinajstić information content (AvgIpc) is 3.28. The number of rotatable bonds is 6. The van der Waals surface area contributed by atoms with Crippen LogP contribution in [0.25, 0.3) is 16.6 Å². The first-order valence-corrected chi connectivity index (χ1v) is 9.27. The summed E-state index contributed by atoms with van der Waals surface area (Å²) in [5.74, 6) is 0.988. The molecule has 2 N–H and O–H groups in total. The number of para-hydroxylation sites is 1. The first-order chi connectivity index (χ1) is 13.1. The molecule has 6 heteroatoms. The van der Waals surface area contributed by atoms with Crippen LogP contribution >= 0.6 is 0 Å². The topological polar surface area (TPSA) is 75.1 Å². The minimum absolute atomic E-state index is 0.0201. The summed E-state index contributed by atoms with van der Waals surface area (Å²) in [7, 11) is 0. The van der Waals surface area contributed by atoms with E-state index in [2.05, 4.69) is 40.4 Å². The molecule has 4 aromatic rings. The summed E-state index contributed by atoms with van der Waals surface area (Å²) >= 11 is 0. The maximum atomic E-state index is 12.6. The highest BCUT2D eigenvalue weighted by molar-refractivity contribution is 5.84. The summed E-state index contributed by atoms with van der Waals surface area (Å²) in [6.45, 7) is 4.16. The van der Waals surface area contributed by atoms with Crippen molar-refractivity contribution in [2.75, 3.05) is 0 Å². The van der Waals surface area contributed by atoms with Gasteiger partial charge >= 0.3 is 0 Å². The first-order valence-electron chi connectivity index (χ1n) is 9.27. The average molecular weight is 361 g/mol. The molecule has 3 heterocycles. The molecule has 6 nitrogen and oxygen atoms in total. The number of nitrogens with zero attached hydrogens (tertiary/aromatic N) is 3.